The van der Waals surface area contributed by atoms with E-state index in [1.54, 1.807) is 7.11 Å². The van der Waals surface area contributed by atoms with E-state index >= 15 is 0 Å². The summed E-state index contributed by atoms with van der Waals surface area (Å²) in [5.41, 5.74) is 7.98. The van der Waals surface area contributed by atoms with Crippen LogP contribution in [-0.4, -0.2) is 22.9 Å². The van der Waals surface area contributed by atoms with E-state index in [1.165, 1.54) is 0 Å². The summed E-state index contributed by atoms with van der Waals surface area (Å²) in [6.45, 7) is 3.84. The fraction of sp³-hybridized carbons (Fsp3) is 0.357. The Morgan fingerprint density at radius 3 is 2.37 bits per heavy atom. The van der Waals surface area contributed by atoms with Gasteiger partial charge in [0.2, 0.25) is 0 Å². The maximum absolute atomic E-state index is 6.10. The Bertz CT molecular complexity index is 529. The fourth-order valence-corrected chi connectivity index (χ4v) is 2.24. The van der Waals surface area contributed by atoms with E-state index in [1.807, 2.05) is 49.0 Å². The van der Waals surface area contributed by atoms with E-state index in [2.05, 4.69) is 5.10 Å². The minimum Gasteiger partial charge on any atom is -0.497 e. The molecule has 0 saturated carbocycles. The molecular weight excluding hydrogens is 262 g/mol. The lowest BCUT2D eigenvalue weighted by atomic mass is 10.0. The third-order valence-corrected chi connectivity index (χ3v) is 3.47. The molecule has 0 aliphatic heterocycles. The standard InChI is InChI=1S/C14H18ClN3O/c1-9(16)14(18-8-13(15)10(2)17-18)11-4-6-12(19-3)7-5-11/h4-9,14H,16H2,1-3H3. The lowest BCUT2D eigenvalue weighted by Crippen LogP contribution is -2.30. The van der Waals surface area contributed by atoms with Crippen LogP contribution < -0.4 is 10.5 Å². The third kappa shape index (κ3) is 2.91. The quantitative estimate of drug-likeness (QED) is 0.936. The highest BCUT2D eigenvalue weighted by Crippen LogP contribution is 2.25. The zero-order chi connectivity index (χ0) is 14.0. The second-order valence-corrected chi connectivity index (χ2v) is 5.03. The Kier molecular flexibility index (Phi) is 4.12. The summed E-state index contributed by atoms with van der Waals surface area (Å²) in [7, 11) is 1.65. The highest BCUT2D eigenvalue weighted by Gasteiger charge is 2.20. The first kappa shape index (κ1) is 13.9. The van der Waals surface area contributed by atoms with Gasteiger partial charge in [-0.2, -0.15) is 5.10 Å². The Hall–Kier alpha value is -1.52. The largest absolute Gasteiger partial charge is 0.497 e. The molecule has 1 aromatic heterocycles. The molecule has 2 N–H and O–H groups in total. The Morgan fingerprint density at radius 2 is 1.95 bits per heavy atom. The van der Waals surface area contributed by atoms with Gasteiger partial charge in [0.1, 0.15) is 5.75 Å². The van der Waals surface area contributed by atoms with Gasteiger partial charge in [-0.1, -0.05) is 23.7 Å². The highest BCUT2D eigenvalue weighted by molar-refractivity contribution is 6.31. The molecule has 19 heavy (non-hydrogen) atoms. The van der Waals surface area contributed by atoms with Gasteiger partial charge in [0, 0.05) is 12.2 Å². The molecule has 0 saturated heterocycles. The number of benzene rings is 1. The number of nitrogens with zero attached hydrogens (tertiary/aromatic N) is 2. The van der Waals surface area contributed by atoms with E-state index < -0.39 is 0 Å². The van der Waals surface area contributed by atoms with Crippen LogP contribution >= 0.6 is 11.6 Å². The van der Waals surface area contributed by atoms with Crippen LogP contribution in [0.1, 0.15) is 24.2 Å². The molecule has 5 heteroatoms. The van der Waals surface area contributed by atoms with Crippen LogP contribution in [0.25, 0.3) is 0 Å². The van der Waals surface area contributed by atoms with Gasteiger partial charge in [-0.25, -0.2) is 0 Å². The van der Waals surface area contributed by atoms with Crippen molar-refractivity contribution >= 4 is 11.6 Å². The molecule has 102 valence electrons. The van der Waals surface area contributed by atoms with E-state index in [-0.39, 0.29) is 12.1 Å². The first-order valence-electron chi connectivity index (χ1n) is 6.13. The molecular formula is C14H18ClN3O. The van der Waals surface area contributed by atoms with Crippen molar-refractivity contribution in [2.24, 2.45) is 5.73 Å². The molecule has 2 rings (SSSR count). The van der Waals surface area contributed by atoms with Crippen molar-refractivity contribution in [2.45, 2.75) is 25.9 Å². The molecule has 0 radical (unpaired) electrons. The van der Waals surface area contributed by atoms with Gasteiger partial charge in [-0.3, -0.25) is 4.68 Å². The smallest absolute Gasteiger partial charge is 0.118 e. The number of hydrogen-bond donors (Lipinski definition) is 1. The zero-order valence-corrected chi connectivity index (χ0v) is 12.1. The van der Waals surface area contributed by atoms with E-state index in [4.69, 9.17) is 22.1 Å². The summed E-state index contributed by atoms with van der Waals surface area (Å²) < 4.78 is 6.99. The topological polar surface area (TPSA) is 53.1 Å². The summed E-state index contributed by atoms with van der Waals surface area (Å²) in [6, 6.07) is 7.71. The Labute approximate surface area is 118 Å². The average molecular weight is 280 g/mol. The lowest BCUT2D eigenvalue weighted by molar-refractivity contribution is 0.413. The molecule has 0 aliphatic rings. The summed E-state index contributed by atoms with van der Waals surface area (Å²) in [5.74, 6) is 0.821. The van der Waals surface area contributed by atoms with Crippen LogP contribution in [0, 0.1) is 6.92 Å². The number of ether oxygens (including phenoxy) is 1. The predicted molar refractivity (Wildman–Crippen MR) is 76.8 cm³/mol. The predicted octanol–water partition coefficient (Wildman–Crippen LogP) is 2.79. The average Bonchev–Trinajstić information content (AvgIpc) is 2.70. The van der Waals surface area contributed by atoms with Gasteiger partial charge in [0.25, 0.3) is 0 Å². The summed E-state index contributed by atoms with van der Waals surface area (Å²) in [4.78, 5) is 0. The second kappa shape index (κ2) is 5.63. The van der Waals surface area contributed by atoms with Crippen molar-refractivity contribution < 1.29 is 4.74 Å². The molecule has 0 fully saturated rings. The van der Waals surface area contributed by atoms with Gasteiger partial charge < -0.3 is 10.5 Å². The highest BCUT2D eigenvalue weighted by atomic mass is 35.5. The molecule has 0 amide bonds. The van der Waals surface area contributed by atoms with E-state index in [0.717, 1.165) is 17.0 Å². The van der Waals surface area contributed by atoms with Crippen LogP contribution in [0.3, 0.4) is 0 Å². The van der Waals surface area contributed by atoms with Crippen molar-refractivity contribution in [1.82, 2.24) is 9.78 Å². The van der Waals surface area contributed by atoms with Crippen LogP contribution in [-0.2, 0) is 0 Å². The van der Waals surface area contributed by atoms with Crippen molar-refractivity contribution in [3.8, 4) is 5.75 Å². The van der Waals surface area contributed by atoms with Crippen molar-refractivity contribution in [3.63, 3.8) is 0 Å². The van der Waals surface area contributed by atoms with Gasteiger partial charge in [-0.05, 0) is 31.5 Å². The fourth-order valence-electron chi connectivity index (χ4n) is 2.10. The summed E-state index contributed by atoms with van der Waals surface area (Å²) in [5, 5.41) is 5.08. The van der Waals surface area contributed by atoms with Crippen molar-refractivity contribution in [1.29, 1.82) is 0 Å². The number of nitrogens with two attached hydrogens (primary N) is 1. The van der Waals surface area contributed by atoms with Crippen LogP contribution in [0.2, 0.25) is 5.02 Å². The van der Waals surface area contributed by atoms with Crippen LogP contribution in [0.4, 0.5) is 0 Å². The monoisotopic (exact) mass is 279 g/mol. The number of methoxy groups -OCH3 is 1. The molecule has 2 unspecified atom stereocenters. The third-order valence-electron chi connectivity index (χ3n) is 3.10. The summed E-state index contributed by atoms with van der Waals surface area (Å²) in [6.07, 6.45) is 1.81. The number of hydrogen-bond acceptors (Lipinski definition) is 3. The molecule has 0 bridgehead atoms. The first-order chi connectivity index (χ1) is 9.02. The number of halogens is 1. The molecule has 0 aliphatic carbocycles. The SMILES string of the molecule is COc1ccc(C(C(C)N)n2cc(Cl)c(C)n2)cc1. The van der Waals surface area contributed by atoms with E-state index in [9.17, 15) is 0 Å². The van der Waals surface area contributed by atoms with Gasteiger partial charge in [0.15, 0.2) is 0 Å². The molecule has 2 aromatic rings. The summed E-state index contributed by atoms with van der Waals surface area (Å²) >= 11 is 6.07. The molecule has 4 nitrogen and oxygen atoms in total. The van der Waals surface area contributed by atoms with Gasteiger partial charge in [-0.15, -0.1) is 0 Å². The van der Waals surface area contributed by atoms with Crippen molar-refractivity contribution in [2.75, 3.05) is 7.11 Å². The Balaban J connectivity index is 2.39. The molecule has 1 heterocycles. The van der Waals surface area contributed by atoms with Crippen LogP contribution in [0.5, 0.6) is 5.75 Å². The van der Waals surface area contributed by atoms with E-state index in [0.29, 0.717) is 5.02 Å². The molecule has 1 aromatic carbocycles. The lowest BCUT2D eigenvalue weighted by Gasteiger charge is -2.22. The first-order valence-corrected chi connectivity index (χ1v) is 6.51. The maximum Gasteiger partial charge on any atom is 0.118 e. The zero-order valence-electron chi connectivity index (χ0n) is 11.3. The minimum absolute atomic E-state index is 0.0443. The Morgan fingerprint density at radius 1 is 1.32 bits per heavy atom. The molecule has 0 spiro atoms. The van der Waals surface area contributed by atoms with Crippen molar-refractivity contribution in [3.05, 3.63) is 46.7 Å². The minimum atomic E-state index is -0.0799. The van der Waals surface area contributed by atoms with Gasteiger partial charge >= 0.3 is 0 Å². The number of aryl methyl sites for hydroxylation is 1. The van der Waals surface area contributed by atoms with Gasteiger partial charge in [0.05, 0.1) is 23.9 Å². The maximum atomic E-state index is 6.10. The van der Waals surface area contributed by atoms with Crippen LogP contribution in [0.15, 0.2) is 30.5 Å². The number of aromatic nitrogens is 2. The normalized spacial score (nSPS) is 14.2. The number of rotatable bonds is 4. The second-order valence-electron chi connectivity index (χ2n) is 4.62. The molecule has 2 atom stereocenters.